The van der Waals surface area contributed by atoms with Gasteiger partial charge in [-0.2, -0.15) is 0 Å². The average molecular weight is 178 g/mol. The summed E-state index contributed by atoms with van der Waals surface area (Å²) in [5.41, 5.74) is 6.61. The van der Waals surface area contributed by atoms with Crippen molar-refractivity contribution >= 4 is 17.3 Å². The molecule has 1 rings (SSSR count). The first-order valence-corrected chi connectivity index (χ1v) is 3.64. The number of carbonyl (C=O) groups excluding carboxylic acids is 1. The van der Waals surface area contributed by atoms with E-state index < -0.39 is 11.7 Å². The third-order valence-electron chi connectivity index (χ3n) is 1.43. The smallest absolute Gasteiger partial charge is 0.289 e. The summed E-state index contributed by atoms with van der Waals surface area (Å²) in [6.07, 6.45) is 0. The second-order valence-corrected chi connectivity index (χ2v) is 2.52. The first-order chi connectivity index (χ1) is 6.09. The Morgan fingerprint density at radius 2 is 1.92 bits per heavy atom. The Bertz CT molecular complexity index is 330. The molecule has 0 aliphatic heterocycles. The van der Waals surface area contributed by atoms with Gasteiger partial charge in [-0.1, -0.05) is 6.58 Å². The van der Waals surface area contributed by atoms with Crippen LogP contribution in [0.25, 0.3) is 0 Å². The van der Waals surface area contributed by atoms with E-state index in [1.807, 2.05) is 0 Å². The third-order valence-corrected chi connectivity index (χ3v) is 1.43. The highest BCUT2D eigenvalue weighted by atomic mass is 16.3. The van der Waals surface area contributed by atoms with Crippen LogP contribution in [0.2, 0.25) is 0 Å². The van der Waals surface area contributed by atoms with Crippen LogP contribution in [-0.4, -0.2) is 11.0 Å². The summed E-state index contributed by atoms with van der Waals surface area (Å²) in [6.45, 7) is 3.09. The van der Waals surface area contributed by atoms with Crippen molar-refractivity contribution in [1.29, 1.82) is 0 Å². The fraction of sp³-hybridized carbons (Fsp3) is 0. The van der Waals surface area contributed by atoms with E-state index in [0.717, 1.165) is 0 Å². The number of nitrogens with one attached hydrogen (secondary N) is 1. The van der Waals surface area contributed by atoms with E-state index in [1.54, 1.807) is 24.3 Å². The molecule has 0 heterocycles. The zero-order valence-corrected chi connectivity index (χ0v) is 6.95. The highest BCUT2D eigenvalue weighted by Crippen LogP contribution is 2.10. The predicted molar refractivity (Wildman–Crippen MR) is 51.3 cm³/mol. The lowest BCUT2D eigenvalue weighted by Gasteiger charge is -2.03. The molecule has 68 valence electrons. The molecule has 0 atom stereocenters. The van der Waals surface area contributed by atoms with Crippen LogP contribution in [0, 0.1) is 0 Å². The Morgan fingerprint density at radius 3 is 2.38 bits per heavy atom. The molecular formula is C9H10N2O2. The number of rotatable bonds is 2. The van der Waals surface area contributed by atoms with Crippen LogP contribution < -0.4 is 11.1 Å². The number of anilines is 2. The Kier molecular flexibility index (Phi) is 2.54. The average Bonchev–Trinajstić information content (AvgIpc) is 2.08. The van der Waals surface area contributed by atoms with Gasteiger partial charge in [0.2, 0.25) is 0 Å². The van der Waals surface area contributed by atoms with Gasteiger partial charge in [0, 0.05) is 11.4 Å². The number of nitrogens with two attached hydrogens (primary N) is 1. The topological polar surface area (TPSA) is 75.3 Å². The minimum atomic E-state index is -0.621. The van der Waals surface area contributed by atoms with Crippen molar-refractivity contribution in [2.24, 2.45) is 0 Å². The first kappa shape index (κ1) is 9.12. The van der Waals surface area contributed by atoms with E-state index in [-0.39, 0.29) is 0 Å². The lowest BCUT2D eigenvalue weighted by atomic mass is 10.3. The molecule has 4 nitrogen and oxygen atoms in total. The number of aliphatic hydroxyl groups is 1. The lowest BCUT2D eigenvalue weighted by Crippen LogP contribution is -2.12. The molecule has 0 radical (unpaired) electrons. The van der Waals surface area contributed by atoms with Crippen LogP contribution in [0.5, 0.6) is 0 Å². The monoisotopic (exact) mass is 178 g/mol. The summed E-state index contributed by atoms with van der Waals surface area (Å²) in [5.74, 6) is -1.14. The molecule has 4 N–H and O–H groups in total. The van der Waals surface area contributed by atoms with Crippen LogP contribution in [0.3, 0.4) is 0 Å². The van der Waals surface area contributed by atoms with Crippen LogP contribution in [-0.2, 0) is 4.79 Å². The van der Waals surface area contributed by atoms with Crippen molar-refractivity contribution in [2.45, 2.75) is 0 Å². The van der Waals surface area contributed by atoms with Gasteiger partial charge in [-0.25, -0.2) is 0 Å². The molecule has 1 aromatic rings. The van der Waals surface area contributed by atoms with Crippen molar-refractivity contribution in [2.75, 3.05) is 11.1 Å². The Balaban J connectivity index is 2.70. The van der Waals surface area contributed by atoms with Gasteiger partial charge >= 0.3 is 0 Å². The van der Waals surface area contributed by atoms with Gasteiger partial charge in [0.15, 0.2) is 5.76 Å². The van der Waals surface area contributed by atoms with E-state index in [2.05, 4.69) is 11.9 Å². The molecule has 0 aliphatic rings. The highest BCUT2D eigenvalue weighted by molar-refractivity contribution is 6.01. The summed E-state index contributed by atoms with van der Waals surface area (Å²) in [6, 6.07) is 6.57. The van der Waals surface area contributed by atoms with Gasteiger partial charge in [-0.05, 0) is 24.3 Å². The fourth-order valence-electron chi connectivity index (χ4n) is 0.770. The molecule has 0 saturated carbocycles. The maximum atomic E-state index is 10.9. The van der Waals surface area contributed by atoms with E-state index >= 15 is 0 Å². The summed E-state index contributed by atoms with van der Waals surface area (Å²) in [5, 5.41) is 11.1. The van der Waals surface area contributed by atoms with Gasteiger partial charge in [-0.3, -0.25) is 4.79 Å². The molecule has 1 aromatic carbocycles. The molecule has 0 bridgehead atoms. The van der Waals surface area contributed by atoms with Crippen molar-refractivity contribution in [3.63, 3.8) is 0 Å². The number of nitrogen functional groups attached to an aromatic ring is 1. The van der Waals surface area contributed by atoms with E-state index in [1.165, 1.54) is 0 Å². The van der Waals surface area contributed by atoms with Gasteiger partial charge < -0.3 is 16.2 Å². The van der Waals surface area contributed by atoms with Gasteiger partial charge in [0.25, 0.3) is 5.91 Å². The van der Waals surface area contributed by atoms with Crippen LogP contribution in [0.1, 0.15) is 0 Å². The molecule has 1 amide bonds. The Hall–Kier alpha value is -1.97. The molecule has 0 aliphatic carbocycles. The number of amides is 1. The van der Waals surface area contributed by atoms with Crippen LogP contribution in [0.4, 0.5) is 11.4 Å². The summed E-state index contributed by atoms with van der Waals surface area (Å²) < 4.78 is 0. The van der Waals surface area contributed by atoms with E-state index in [4.69, 9.17) is 10.8 Å². The van der Waals surface area contributed by atoms with Crippen molar-refractivity contribution in [3.8, 4) is 0 Å². The molecule has 13 heavy (non-hydrogen) atoms. The molecule has 0 saturated heterocycles. The molecule has 0 unspecified atom stereocenters. The maximum Gasteiger partial charge on any atom is 0.289 e. The number of aliphatic hydroxyl groups excluding tert-OH is 1. The van der Waals surface area contributed by atoms with Crippen LogP contribution >= 0.6 is 0 Å². The maximum absolute atomic E-state index is 10.9. The lowest BCUT2D eigenvalue weighted by molar-refractivity contribution is -0.115. The molecule has 0 fully saturated rings. The molecule has 0 spiro atoms. The largest absolute Gasteiger partial charge is 0.503 e. The summed E-state index contributed by atoms with van der Waals surface area (Å²) in [4.78, 5) is 10.9. The molecular weight excluding hydrogens is 168 g/mol. The normalized spacial score (nSPS) is 9.23. The van der Waals surface area contributed by atoms with Crippen molar-refractivity contribution in [3.05, 3.63) is 36.6 Å². The molecule has 4 heteroatoms. The minimum Gasteiger partial charge on any atom is -0.503 e. The number of hydrogen-bond acceptors (Lipinski definition) is 3. The van der Waals surface area contributed by atoms with Gasteiger partial charge in [-0.15, -0.1) is 0 Å². The third kappa shape index (κ3) is 2.52. The van der Waals surface area contributed by atoms with E-state index in [9.17, 15) is 4.79 Å². The molecule has 0 aromatic heterocycles. The SMILES string of the molecule is C=C(O)C(=O)Nc1ccc(N)cc1. The standard InChI is InChI=1S/C9H10N2O2/c1-6(12)9(13)11-8-4-2-7(10)3-5-8/h2-5,12H,1,10H2,(H,11,13). The van der Waals surface area contributed by atoms with Crippen molar-refractivity contribution < 1.29 is 9.90 Å². The zero-order chi connectivity index (χ0) is 9.84. The second-order valence-electron chi connectivity index (χ2n) is 2.52. The Labute approximate surface area is 75.7 Å². The fourth-order valence-corrected chi connectivity index (χ4v) is 0.770. The van der Waals surface area contributed by atoms with Gasteiger partial charge in [0.05, 0.1) is 0 Å². The Morgan fingerprint density at radius 1 is 1.38 bits per heavy atom. The summed E-state index contributed by atoms with van der Waals surface area (Å²) in [7, 11) is 0. The summed E-state index contributed by atoms with van der Waals surface area (Å²) >= 11 is 0. The number of benzene rings is 1. The number of carbonyl (C=O) groups is 1. The predicted octanol–water partition coefficient (Wildman–Crippen LogP) is 1.28. The van der Waals surface area contributed by atoms with Crippen molar-refractivity contribution in [1.82, 2.24) is 0 Å². The zero-order valence-electron chi connectivity index (χ0n) is 6.95. The number of hydrogen-bond donors (Lipinski definition) is 3. The van der Waals surface area contributed by atoms with E-state index in [0.29, 0.717) is 11.4 Å². The van der Waals surface area contributed by atoms with Crippen LogP contribution in [0.15, 0.2) is 36.6 Å². The minimum absolute atomic E-state index is 0.517. The highest BCUT2D eigenvalue weighted by Gasteiger charge is 2.03. The van der Waals surface area contributed by atoms with Gasteiger partial charge in [0.1, 0.15) is 0 Å². The first-order valence-electron chi connectivity index (χ1n) is 3.64. The quantitative estimate of drug-likeness (QED) is 0.362. The second kappa shape index (κ2) is 3.62.